The Bertz CT molecular complexity index is 820. The molecule has 2 aromatic rings. The number of hydrogen-bond acceptors (Lipinski definition) is 4. The van der Waals surface area contributed by atoms with E-state index in [-0.39, 0.29) is 31.3 Å². The molecule has 0 radical (unpaired) electrons. The predicted molar refractivity (Wildman–Crippen MR) is 84.0 cm³/mol. The molecule has 1 aromatic carbocycles. The molecule has 1 aliphatic heterocycles. The average Bonchev–Trinajstić information content (AvgIpc) is 2.82. The van der Waals surface area contributed by atoms with E-state index < -0.39 is 5.76 Å². The molecule has 2 heterocycles. The second kappa shape index (κ2) is 5.91. The highest BCUT2D eigenvalue weighted by molar-refractivity contribution is 5.86. The van der Waals surface area contributed by atoms with Gasteiger partial charge in [-0.05, 0) is 24.6 Å². The number of nitrogens with zero attached hydrogens (tertiary/aromatic N) is 3. The lowest BCUT2D eigenvalue weighted by atomic mass is 10.2. The van der Waals surface area contributed by atoms with Crippen LogP contribution >= 0.6 is 0 Å². The van der Waals surface area contributed by atoms with Crippen LogP contribution in [0, 0.1) is 6.92 Å². The molecule has 0 bridgehead atoms. The lowest BCUT2D eigenvalue weighted by molar-refractivity contribution is -0.144. The van der Waals surface area contributed by atoms with Crippen LogP contribution in [-0.2, 0) is 16.1 Å². The Morgan fingerprint density at radius 1 is 1.26 bits per heavy atom. The highest BCUT2D eigenvalue weighted by atomic mass is 16.4. The number of amides is 2. The molecule has 3 rings (SSSR count). The van der Waals surface area contributed by atoms with Crippen LogP contribution in [0.5, 0.6) is 0 Å². The maximum atomic E-state index is 12.3. The zero-order valence-electron chi connectivity index (χ0n) is 13.2. The summed E-state index contributed by atoms with van der Waals surface area (Å²) in [5, 5.41) is 0. The number of hydrogen-bond donors (Lipinski definition) is 0. The van der Waals surface area contributed by atoms with Crippen molar-refractivity contribution >= 4 is 22.9 Å². The van der Waals surface area contributed by atoms with Gasteiger partial charge in [0, 0.05) is 33.1 Å². The molecule has 1 aromatic heterocycles. The van der Waals surface area contributed by atoms with E-state index in [2.05, 4.69) is 0 Å². The van der Waals surface area contributed by atoms with Crippen LogP contribution in [0.3, 0.4) is 0 Å². The van der Waals surface area contributed by atoms with Crippen molar-refractivity contribution in [2.24, 2.45) is 0 Å². The molecular formula is C16H19N3O4. The zero-order valence-corrected chi connectivity index (χ0v) is 13.2. The second-order valence-electron chi connectivity index (χ2n) is 5.87. The molecule has 1 saturated heterocycles. The Balaban J connectivity index is 1.72. The molecule has 7 nitrogen and oxygen atoms in total. The van der Waals surface area contributed by atoms with Gasteiger partial charge in [0.15, 0.2) is 5.58 Å². The van der Waals surface area contributed by atoms with Crippen LogP contribution in [-0.4, -0.2) is 52.9 Å². The smallest absolute Gasteiger partial charge is 0.408 e. The Morgan fingerprint density at radius 2 is 2.04 bits per heavy atom. The first kappa shape index (κ1) is 15.3. The van der Waals surface area contributed by atoms with Crippen LogP contribution in [0.15, 0.2) is 27.4 Å². The molecular weight excluding hydrogens is 298 g/mol. The first-order chi connectivity index (χ1) is 11.0. The normalized spacial score (nSPS) is 15.5. The predicted octanol–water partition coefficient (Wildman–Crippen LogP) is 0.594. The summed E-state index contributed by atoms with van der Waals surface area (Å²) in [4.78, 5) is 39.0. The number of carbonyl (C=O) groups is 2. The Hall–Kier alpha value is -2.57. The molecule has 0 atom stereocenters. The quantitative estimate of drug-likeness (QED) is 0.830. The maximum absolute atomic E-state index is 12.3. The monoisotopic (exact) mass is 317 g/mol. The van der Waals surface area contributed by atoms with Gasteiger partial charge in [-0.2, -0.15) is 0 Å². The first-order valence-electron chi connectivity index (χ1n) is 7.57. The SMILES string of the molecule is Cc1ccc2oc(=O)n(CCC(=O)N3CCN(C)C(=O)C3)c2c1. The average molecular weight is 317 g/mol. The van der Waals surface area contributed by atoms with Crippen LogP contribution in [0.4, 0.5) is 0 Å². The summed E-state index contributed by atoms with van der Waals surface area (Å²) < 4.78 is 6.66. The molecule has 0 unspecified atom stereocenters. The third-order valence-corrected chi connectivity index (χ3v) is 4.18. The fourth-order valence-electron chi connectivity index (χ4n) is 2.72. The van der Waals surface area contributed by atoms with Crippen molar-refractivity contribution in [2.45, 2.75) is 19.9 Å². The number of benzene rings is 1. The highest BCUT2D eigenvalue weighted by Crippen LogP contribution is 2.15. The Labute approximate surface area is 133 Å². The van der Waals surface area contributed by atoms with Gasteiger partial charge in [0.25, 0.3) is 0 Å². The molecule has 0 spiro atoms. The third kappa shape index (κ3) is 2.99. The largest absolute Gasteiger partial charge is 0.419 e. The standard InChI is InChI=1S/C16H19N3O4/c1-11-3-4-13-12(9-11)19(16(22)23-13)6-5-14(20)18-8-7-17(2)15(21)10-18/h3-4,9H,5-8,10H2,1-2H3. The van der Waals surface area contributed by atoms with Crippen LogP contribution < -0.4 is 5.76 Å². The molecule has 23 heavy (non-hydrogen) atoms. The lowest BCUT2D eigenvalue weighted by Crippen LogP contribution is -2.50. The molecule has 0 saturated carbocycles. The fourth-order valence-corrected chi connectivity index (χ4v) is 2.72. The fraction of sp³-hybridized carbons (Fsp3) is 0.438. The van der Waals surface area contributed by atoms with Crippen LogP contribution in [0.25, 0.3) is 11.1 Å². The van der Waals surface area contributed by atoms with E-state index in [9.17, 15) is 14.4 Å². The maximum Gasteiger partial charge on any atom is 0.419 e. The van der Waals surface area contributed by atoms with Crippen molar-refractivity contribution in [2.75, 3.05) is 26.7 Å². The van der Waals surface area contributed by atoms with Crippen molar-refractivity contribution in [3.05, 3.63) is 34.3 Å². The highest BCUT2D eigenvalue weighted by Gasteiger charge is 2.24. The van der Waals surface area contributed by atoms with E-state index in [1.807, 2.05) is 19.1 Å². The molecule has 1 aliphatic rings. The summed E-state index contributed by atoms with van der Waals surface area (Å²) in [6.07, 6.45) is 0.166. The van der Waals surface area contributed by atoms with Gasteiger partial charge in [-0.1, -0.05) is 6.07 Å². The Morgan fingerprint density at radius 3 is 2.78 bits per heavy atom. The van der Waals surface area contributed by atoms with Crippen molar-refractivity contribution in [1.82, 2.24) is 14.4 Å². The van der Waals surface area contributed by atoms with Crippen molar-refractivity contribution in [1.29, 1.82) is 0 Å². The minimum atomic E-state index is -0.465. The first-order valence-corrected chi connectivity index (χ1v) is 7.57. The number of rotatable bonds is 3. The number of oxazole rings is 1. The van der Waals surface area contributed by atoms with Gasteiger partial charge < -0.3 is 14.2 Å². The van der Waals surface area contributed by atoms with Crippen LogP contribution in [0.1, 0.15) is 12.0 Å². The van der Waals surface area contributed by atoms with E-state index in [4.69, 9.17) is 4.42 Å². The minimum Gasteiger partial charge on any atom is -0.408 e. The molecule has 0 aliphatic carbocycles. The van der Waals surface area contributed by atoms with Gasteiger partial charge in [-0.3, -0.25) is 14.2 Å². The topological polar surface area (TPSA) is 75.8 Å². The summed E-state index contributed by atoms with van der Waals surface area (Å²) >= 11 is 0. The summed E-state index contributed by atoms with van der Waals surface area (Å²) in [7, 11) is 1.73. The van der Waals surface area contributed by atoms with Gasteiger partial charge in [-0.15, -0.1) is 0 Å². The minimum absolute atomic E-state index is 0.0637. The number of aromatic nitrogens is 1. The van der Waals surface area contributed by atoms with E-state index in [1.165, 1.54) is 4.57 Å². The number of fused-ring (bicyclic) bond motifs is 1. The molecule has 0 N–H and O–H groups in total. The van der Waals surface area contributed by atoms with Gasteiger partial charge in [0.2, 0.25) is 11.8 Å². The molecule has 2 amide bonds. The van der Waals surface area contributed by atoms with E-state index in [1.54, 1.807) is 22.9 Å². The van der Waals surface area contributed by atoms with Gasteiger partial charge >= 0.3 is 5.76 Å². The lowest BCUT2D eigenvalue weighted by Gasteiger charge is -2.32. The Kier molecular flexibility index (Phi) is 3.94. The number of carbonyl (C=O) groups excluding carboxylic acids is 2. The summed E-state index contributed by atoms with van der Waals surface area (Å²) in [5.41, 5.74) is 2.23. The van der Waals surface area contributed by atoms with Crippen molar-refractivity contribution < 1.29 is 14.0 Å². The van der Waals surface area contributed by atoms with Crippen molar-refractivity contribution in [3.63, 3.8) is 0 Å². The third-order valence-electron chi connectivity index (χ3n) is 4.18. The number of piperazine rings is 1. The number of likely N-dealkylation sites (N-methyl/N-ethyl adjacent to an activating group) is 1. The summed E-state index contributed by atoms with van der Waals surface area (Å²) in [5.74, 6) is -0.653. The van der Waals surface area contributed by atoms with E-state index >= 15 is 0 Å². The zero-order chi connectivity index (χ0) is 16.6. The van der Waals surface area contributed by atoms with Gasteiger partial charge in [0.1, 0.15) is 0 Å². The second-order valence-corrected chi connectivity index (χ2v) is 5.87. The van der Waals surface area contributed by atoms with Crippen molar-refractivity contribution in [3.8, 4) is 0 Å². The van der Waals surface area contributed by atoms with E-state index in [0.717, 1.165) is 5.56 Å². The van der Waals surface area contributed by atoms with Gasteiger partial charge in [-0.25, -0.2) is 4.79 Å². The van der Waals surface area contributed by atoms with Gasteiger partial charge in [0.05, 0.1) is 12.1 Å². The van der Waals surface area contributed by atoms with Crippen LogP contribution in [0.2, 0.25) is 0 Å². The summed E-state index contributed by atoms with van der Waals surface area (Å²) in [6.45, 7) is 3.35. The number of aryl methyl sites for hydroxylation is 2. The molecule has 7 heteroatoms. The molecule has 1 fully saturated rings. The summed E-state index contributed by atoms with van der Waals surface area (Å²) in [6, 6.07) is 5.49. The van der Waals surface area contributed by atoms with E-state index in [0.29, 0.717) is 24.2 Å². The molecule has 122 valence electrons.